The van der Waals surface area contributed by atoms with E-state index >= 15 is 0 Å². The first-order valence-corrected chi connectivity index (χ1v) is 8.72. The summed E-state index contributed by atoms with van der Waals surface area (Å²) < 4.78 is 2.50. The van der Waals surface area contributed by atoms with E-state index in [4.69, 9.17) is 23.2 Å². The van der Waals surface area contributed by atoms with Gasteiger partial charge in [0.15, 0.2) is 5.65 Å². The quantitative estimate of drug-likeness (QED) is 0.789. The van der Waals surface area contributed by atoms with Crippen molar-refractivity contribution in [3.8, 4) is 0 Å². The summed E-state index contributed by atoms with van der Waals surface area (Å²) >= 11 is 14.0. The standard InChI is InChI=1S/C14H17Cl2N3S/c1-14(4-2-6-20-14)9-19-12(3-5-15)18-11-7-10(16)8-17-13(11)19/h7-8H,2-6,9H2,1H3. The zero-order chi connectivity index (χ0) is 14.2. The minimum atomic E-state index is 0.274. The molecule has 3 rings (SSSR count). The van der Waals surface area contributed by atoms with Gasteiger partial charge in [0.2, 0.25) is 0 Å². The Balaban J connectivity index is 2.04. The number of nitrogens with zero attached hydrogens (tertiary/aromatic N) is 3. The molecule has 3 nitrogen and oxygen atoms in total. The van der Waals surface area contributed by atoms with Crippen LogP contribution in [0.2, 0.25) is 5.02 Å². The molecule has 3 heterocycles. The fraction of sp³-hybridized carbons (Fsp3) is 0.571. The van der Waals surface area contributed by atoms with Crippen LogP contribution < -0.4 is 0 Å². The third kappa shape index (κ3) is 2.78. The maximum atomic E-state index is 6.01. The fourth-order valence-corrected chi connectivity index (χ4v) is 4.38. The lowest BCUT2D eigenvalue weighted by molar-refractivity contribution is 0.505. The Labute approximate surface area is 133 Å². The van der Waals surface area contributed by atoms with Crippen LogP contribution >= 0.6 is 35.0 Å². The van der Waals surface area contributed by atoms with Crippen molar-refractivity contribution in [2.45, 2.75) is 37.5 Å². The van der Waals surface area contributed by atoms with Crippen molar-refractivity contribution in [2.75, 3.05) is 11.6 Å². The molecule has 20 heavy (non-hydrogen) atoms. The summed E-state index contributed by atoms with van der Waals surface area (Å²) in [7, 11) is 0. The predicted octanol–water partition coefficient (Wildman–Crippen LogP) is 4.15. The van der Waals surface area contributed by atoms with E-state index in [-0.39, 0.29) is 4.75 Å². The SMILES string of the molecule is CC1(Cn2c(CCCl)nc3cc(Cl)cnc32)CCCS1. The van der Waals surface area contributed by atoms with E-state index in [1.54, 1.807) is 6.20 Å². The Morgan fingerprint density at radius 2 is 2.35 bits per heavy atom. The zero-order valence-electron chi connectivity index (χ0n) is 11.4. The Kier molecular flexibility index (Phi) is 4.16. The molecule has 6 heteroatoms. The molecule has 1 aliphatic rings. The lowest BCUT2D eigenvalue weighted by Gasteiger charge is -2.24. The predicted molar refractivity (Wildman–Crippen MR) is 87.1 cm³/mol. The number of thioether (sulfide) groups is 1. The highest BCUT2D eigenvalue weighted by Gasteiger charge is 2.31. The number of fused-ring (bicyclic) bond motifs is 1. The van der Waals surface area contributed by atoms with Gasteiger partial charge in [0.05, 0.1) is 5.02 Å². The summed E-state index contributed by atoms with van der Waals surface area (Å²) in [5.74, 6) is 2.83. The second-order valence-electron chi connectivity index (χ2n) is 5.45. The molecular weight excluding hydrogens is 313 g/mol. The van der Waals surface area contributed by atoms with Crippen LogP contribution in [0.25, 0.3) is 11.2 Å². The van der Waals surface area contributed by atoms with Crippen molar-refractivity contribution in [3.63, 3.8) is 0 Å². The van der Waals surface area contributed by atoms with Crippen LogP contribution in [0.1, 0.15) is 25.6 Å². The first kappa shape index (κ1) is 14.5. The molecule has 1 aliphatic heterocycles. The van der Waals surface area contributed by atoms with Gasteiger partial charge in [-0.3, -0.25) is 0 Å². The third-order valence-corrected chi connectivity index (χ3v) is 5.66. The van der Waals surface area contributed by atoms with Crippen LogP contribution in [0.3, 0.4) is 0 Å². The van der Waals surface area contributed by atoms with E-state index in [2.05, 4.69) is 21.5 Å². The highest BCUT2D eigenvalue weighted by Crippen LogP contribution is 2.39. The summed E-state index contributed by atoms with van der Waals surface area (Å²) in [6.07, 6.45) is 4.98. The van der Waals surface area contributed by atoms with Crippen molar-refractivity contribution in [3.05, 3.63) is 23.1 Å². The maximum absolute atomic E-state index is 6.01. The number of pyridine rings is 1. The Morgan fingerprint density at radius 3 is 3.05 bits per heavy atom. The van der Waals surface area contributed by atoms with Crippen LogP contribution in [0.5, 0.6) is 0 Å². The normalized spacial score (nSPS) is 22.8. The summed E-state index contributed by atoms with van der Waals surface area (Å²) in [5, 5.41) is 0.626. The molecule has 1 saturated heterocycles. The molecule has 2 aromatic rings. The Morgan fingerprint density at radius 1 is 1.50 bits per heavy atom. The van der Waals surface area contributed by atoms with Crippen molar-refractivity contribution in [1.82, 2.24) is 14.5 Å². The highest BCUT2D eigenvalue weighted by molar-refractivity contribution is 8.00. The molecule has 1 fully saturated rings. The van der Waals surface area contributed by atoms with Gasteiger partial charge in [-0.2, -0.15) is 11.8 Å². The van der Waals surface area contributed by atoms with Crippen LogP contribution in [0.15, 0.2) is 12.3 Å². The average molecular weight is 330 g/mol. The lowest BCUT2D eigenvalue weighted by Crippen LogP contribution is -2.25. The van der Waals surface area contributed by atoms with E-state index in [1.165, 1.54) is 18.6 Å². The average Bonchev–Trinajstić information content (AvgIpc) is 2.96. The smallest absolute Gasteiger partial charge is 0.160 e. The number of hydrogen-bond acceptors (Lipinski definition) is 3. The molecule has 1 atom stereocenters. The van der Waals surface area contributed by atoms with Crippen molar-refractivity contribution >= 4 is 46.1 Å². The minimum absolute atomic E-state index is 0.274. The minimum Gasteiger partial charge on any atom is -0.311 e. The number of halogens is 2. The maximum Gasteiger partial charge on any atom is 0.160 e. The number of rotatable bonds is 4. The summed E-state index contributed by atoms with van der Waals surface area (Å²) in [6, 6.07) is 1.88. The van der Waals surface area contributed by atoms with Gasteiger partial charge < -0.3 is 4.57 Å². The molecule has 0 aromatic carbocycles. The molecule has 0 amide bonds. The van der Waals surface area contributed by atoms with Gasteiger partial charge in [0.25, 0.3) is 0 Å². The van der Waals surface area contributed by atoms with Gasteiger partial charge in [0, 0.05) is 29.8 Å². The number of alkyl halides is 1. The van der Waals surface area contributed by atoms with E-state index < -0.39 is 0 Å². The van der Waals surface area contributed by atoms with Gasteiger partial charge in [-0.1, -0.05) is 11.6 Å². The molecule has 0 spiro atoms. The van der Waals surface area contributed by atoms with E-state index in [1.807, 2.05) is 17.8 Å². The van der Waals surface area contributed by atoms with E-state index in [0.29, 0.717) is 10.9 Å². The molecule has 0 radical (unpaired) electrons. The van der Waals surface area contributed by atoms with Crippen LogP contribution in [0.4, 0.5) is 0 Å². The molecule has 0 saturated carbocycles. The first-order chi connectivity index (χ1) is 9.61. The first-order valence-electron chi connectivity index (χ1n) is 6.82. The van der Waals surface area contributed by atoms with Crippen molar-refractivity contribution < 1.29 is 0 Å². The largest absolute Gasteiger partial charge is 0.311 e. The number of imidazole rings is 1. The topological polar surface area (TPSA) is 30.7 Å². The molecule has 108 valence electrons. The highest BCUT2D eigenvalue weighted by atomic mass is 35.5. The van der Waals surface area contributed by atoms with E-state index in [0.717, 1.165) is 30.0 Å². The Hall–Kier alpha value is -0.450. The second kappa shape index (κ2) is 5.74. The van der Waals surface area contributed by atoms with E-state index in [9.17, 15) is 0 Å². The van der Waals surface area contributed by atoms with Gasteiger partial charge in [-0.15, -0.1) is 11.6 Å². The van der Waals surface area contributed by atoms with Crippen molar-refractivity contribution in [2.24, 2.45) is 0 Å². The third-order valence-electron chi connectivity index (χ3n) is 3.74. The summed E-state index contributed by atoms with van der Waals surface area (Å²) in [4.78, 5) is 9.13. The lowest BCUT2D eigenvalue weighted by atomic mass is 10.1. The zero-order valence-corrected chi connectivity index (χ0v) is 13.7. The van der Waals surface area contributed by atoms with Crippen LogP contribution in [-0.4, -0.2) is 30.9 Å². The van der Waals surface area contributed by atoms with Gasteiger partial charge in [-0.05, 0) is 31.6 Å². The number of aryl methyl sites for hydroxylation is 1. The summed E-state index contributed by atoms with van der Waals surface area (Å²) in [6.45, 7) is 3.27. The monoisotopic (exact) mass is 329 g/mol. The summed E-state index contributed by atoms with van der Waals surface area (Å²) in [5.41, 5.74) is 1.78. The van der Waals surface area contributed by atoms with Gasteiger partial charge in [-0.25, -0.2) is 9.97 Å². The van der Waals surface area contributed by atoms with Crippen LogP contribution in [-0.2, 0) is 13.0 Å². The van der Waals surface area contributed by atoms with Crippen molar-refractivity contribution in [1.29, 1.82) is 0 Å². The molecule has 0 bridgehead atoms. The fourth-order valence-electron chi connectivity index (χ4n) is 2.77. The second-order valence-corrected chi connectivity index (χ2v) is 7.95. The number of hydrogen-bond donors (Lipinski definition) is 0. The Bertz CT molecular complexity index is 620. The molecule has 2 aromatic heterocycles. The van der Waals surface area contributed by atoms with Gasteiger partial charge >= 0.3 is 0 Å². The number of aromatic nitrogens is 3. The van der Waals surface area contributed by atoms with Gasteiger partial charge in [0.1, 0.15) is 11.3 Å². The molecule has 0 N–H and O–H groups in total. The van der Waals surface area contributed by atoms with Crippen LogP contribution in [0, 0.1) is 0 Å². The molecule has 0 aliphatic carbocycles. The molecular formula is C14H17Cl2N3S. The molecule has 1 unspecified atom stereocenters.